The van der Waals surface area contributed by atoms with Gasteiger partial charge in [-0.15, -0.1) is 0 Å². The molecule has 0 fully saturated rings. The second-order valence-electron chi connectivity index (χ2n) is 4.88. The van der Waals surface area contributed by atoms with E-state index in [4.69, 9.17) is 0 Å². The Morgan fingerprint density at radius 3 is 2.47 bits per heavy atom. The number of carbonyl (C=O) groups is 1. The van der Waals surface area contributed by atoms with E-state index in [1.165, 1.54) is 0 Å². The Morgan fingerprint density at radius 2 is 2.00 bits per heavy atom. The van der Waals surface area contributed by atoms with Crippen LogP contribution >= 0.6 is 0 Å². The van der Waals surface area contributed by atoms with E-state index < -0.39 is 11.4 Å². The molecule has 2 aromatic rings. The lowest BCUT2D eigenvalue weighted by molar-refractivity contribution is -0.143. The van der Waals surface area contributed by atoms with Gasteiger partial charge in [-0.3, -0.25) is 9.48 Å². The topological polar surface area (TPSA) is 68.0 Å². The van der Waals surface area contributed by atoms with Gasteiger partial charge in [0.15, 0.2) is 0 Å². The lowest BCUT2D eigenvalue weighted by atomic mass is 9.79. The number of hydrogen-bond acceptors (Lipinski definition) is 3. The number of nitrogens with zero attached hydrogens (tertiary/aromatic N) is 3. The van der Waals surface area contributed by atoms with Crippen LogP contribution in [-0.4, -0.2) is 25.8 Å². The molecule has 0 radical (unpaired) electrons. The molecule has 2 rings (SSSR count). The molecule has 0 aliphatic carbocycles. The number of benzene rings is 1. The van der Waals surface area contributed by atoms with Crippen LogP contribution < -0.4 is 0 Å². The van der Waals surface area contributed by atoms with Gasteiger partial charge in [0.05, 0.1) is 5.41 Å². The zero-order valence-electron chi connectivity index (χ0n) is 11.3. The van der Waals surface area contributed by atoms with Gasteiger partial charge in [-0.25, -0.2) is 4.98 Å². The number of carboxylic acids is 1. The largest absolute Gasteiger partial charge is 0.481 e. The Morgan fingerprint density at radius 1 is 1.37 bits per heavy atom. The van der Waals surface area contributed by atoms with Gasteiger partial charge in [0.2, 0.25) is 0 Å². The summed E-state index contributed by atoms with van der Waals surface area (Å²) in [4.78, 5) is 16.0. The molecule has 0 bridgehead atoms. The predicted molar refractivity (Wildman–Crippen MR) is 70.9 cm³/mol. The molecule has 5 nitrogen and oxygen atoms in total. The van der Waals surface area contributed by atoms with E-state index in [2.05, 4.69) is 10.1 Å². The number of aliphatic carboxylic acids is 1. The molecule has 5 heteroatoms. The normalized spacial score (nSPS) is 14.1. The first-order valence-electron chi connectivity index (χ1n) is 6.09. The van der Waals surface area contributed by atoms with Gasteiger partial charge in [-0.05, 0) is 19.4 Å². The fourth-order valence-electron chi connectivity index (χ4n) is 2.13. The molecule has 1 unspecified atom stereocenters. The smallest absolute Gasteiger partial charge is 0.314 e. The van der Waals surface area contributed by atoms with Crippen molar-refractivity contribution in [1.29, 1.82) is 0 Å². The summed E-state index contributed by atoms with van der Waals surface area (Å²) >= 11 is 0. The van der Waals surface area contributed by atoms with Crippen molar-refractivity contribution in [2.75, 3.05) is 0 Å². The van der Waals surface area contributed by atoms with Gasteiger partial charge in [0.25, 0.3) is 0 Å². The van der Waals surface area contributed by atoms with Crippen LogP contribution in [0, 0.1) is 6.92 Å². The summed E-state index contributed by atoms with van der Waals surface area (Å²) in [6.07, 6.45) is 0.309. The van der Waals surface area contributed by atoms with E-state index in [1.807, 2.05) is 30.3 Å². The Labute approximate surface area is 111 Å². The van der Waals surface area contributed by atoms with Gasteiger partial charge < -0.3 is 5.11 Å². The van der Waals surface area contributed by atoms with E-state index in [0.717, 1.165) is 5.56 Å². The Bertz CT molecular complexity index is 592. The maximum absolute atomic E-state index is 11.7. The third-order valence-corrected chi connectivity index (χ3v) is 3.35. The molecule has 0 aliphatic rings. The third kappa shape index (κ3) is 2.50. The first-order valence-corrected chi connectivity index (χ1v) is 6.09. The minimum Gasteiger partial charge on any atom is -0.481 e. The highest BCUT2D eigenvalue weighted by molar-refractivity contribution is 5.81. The lowest BCUT2D eigenvalue weighted by Crippen LogP contribution is -2.35. The summed E-state index contributed by atoms with van der Waals surface area (Å²) in [5, 5.41) is 13.7. The average Bonchev–Trinajstić information content (AvgIpc) is 2.68. The minimum absolute atomic E-state index is 0.309. The zero-order valence-corrected chi connectivity index (χ0v) is 11.3. The summed E-state index contributed by atoms with van der Waals surface area (Å²) in [6.45, 7) is 3.51. The quantitative estimate of drug-likeness (QED) is 0.907. The van der Waals surface area contributed by atoms with Gasteiger partial charge in [-0.2, -0.15) is 5.10 Å². The van der Waals surface area contributed by atoms with Gasteiger partial charge in [-0.1, -0.05) is 30.3 Å². The molecule has 0 saturated heterocycles. The maximum Gasteiger partial charge on any atom is 0.314 e. The molecule has 1 aromatic heterocycles. The molecule has 1 aromatic carbocycles. The van der Waals surface area contributed by atoms with Crippen LogP contribution in [0.15, 0.2) is 30.3 Å². The number of aryl methyl sites for hydroxylation is 2. The maximum atomic E-state index is 11.7. The summed E-state index contributed by atoms with van der Waals surface area (Å²) < 4.78 is 1.64. The number of rotatable bonds is 4. The van der Waals surface area contributed by atoms with Crippen LogP contribution in [0.25, 0.3) is 0 Å². The van der Waals surface area contributed by atoms with Crippen LogP contribution in [0.4, 0.5) is 0 Å². The molecular weight excluding hydrogens is 242 g/mol. The van der Waals surface area contributed by atoms with Crippen molar-refractivity contribution in [2.24, 2.45) is 7.05 Å². The summed E-state index contributed by atoms with van der Waals surface area (Å²) in [5.41, 5.74) is -0.239. The molecular formula is C14H17N3O2. The SMILES string of the molecule is Cc1nc(CC(C)(C(=O)O)c2ccccc2)n(C)n1. The first-order chi connectivity index (χ1) is 8.93. The van der Waals surface area contributed by atoms with E-state index in [0.29, 0.717) is 18.1 Å². The standard InChI is InChI=1S/C14H17N3O2/c1-10-15-12(17(3)16-10)9-14(2,13(18)19)11-7-5-4-6-8-11/h4-8H,9H2,1-3H3,(H,18,19). The van der Waals surface area contributed by atoms with Gasteiger partial charge in [0, 0.05) is 13.5 Å². The fourth-order valence-corrected chi connectivity index (χ4v) is 2.13. The molecule has 0 saturated carbocycles. The third-order valence-electron chi connectivity index (χ3n) is 3.35. The monoisotopic (exact) mass is 259 g/mol. The van der Waals surface area contributed by atoms with Crippen molar-refractivity contribution < 1.29 is 9.90 Å². The fraction of sp³-hybridized carbons (Fsp3) is 0.357. The van der Waals surface area contributed by atoms with E-state index in [1.54, 1.807) is 25.6 Å². The molecule has 0 aliphatic heterocycles. The first kappa shape index (κ1) is 13.3. The van der Waals surface area contributed by atoms with Gasteiger partial charge >= 0.3 is 5.97 Å². The zero-order chi connectivity index (χ0) is 14.0. The molecule has 0 amide bonds. The Kier molecular flexibility index (Phi) is 3.38. The highest BCUT2D eigenvalue weighted by Crippen LogP contribution is 2.27. The van der Waals surface area contributed by atoms with Crippen molar-refractivity contribution in [2.45, 2.75) is 25.7 Å². The second kappa shape index (κ2) is 4.84. The summed E-state index contributed by atoms with van der Waals surface area (Å²) in [6, 6.07) is 9.23. The lowest BCUT2D eigenvalue weighted by Gasteiger charge is -2.24. The van der Waals surface area contributed by atoms with Crippen LogP contribution in [-0.2, 0) is 23.7 Å². The molecule has 19 heavy (non-hydrogen) atoms. The van der Waals surface area contributed by atoms with Gasteiger partial charge in [0.1, 0.15) is 11.6 Å². The molecule has 0 spiro atoms. The van der Waals surface area contributed by atoms with Crippen LogP contribution in [0.5, 0.6) is 0 Å². The van der Waals surface area contributed by atoms with Crippen LogP contribution in [0.2, 0.25) is 0 Å². The predicted octanol–water partition coefficient (Wildman–Crippen LogP) is 1.71. The van der Waals surface area contributed by atoms with E-state index in [9.17, 15) is 9.90 Å². The van der Waals surface area contributed by atoms with E-state index >= 15 is 0 Å². The molecule has 1 N–H and O–H groups in total. The highest BCUT2D eigenvalue weighted by Gasteiger charge is 2.36. The minimum atomic E-state index is -1.01. The number of hydrogen-bond donors (Lipinski definition) is 1. The van der Waals surface area contributed by atoms with Crippen molar-refractivity contribution in [3.8, 4) is 0 Å². The number of carboxylic acid groups (broad SMARTS) is 1. The average molecular weight is 259 g/mol. The van der Waals surface area contributed by atoms with E-state index in [-0.39, 0.29) is 0 Å². The molecule has 1 heterocycles. The van der Waals surface area contributed by atoms with Crippen molar-refractivity contribution in [3.05, 3.63) is 47.5 Å². The summed E-state index contributed by atoms with van der Waals surface area (Å²) in [5.74, 6) is 0.462. The van der Waals surface area contributed by atoms with Crippen molar-refractivity contribution in [3.63, 3.8) is 0 Å². The summed E-state index contributed by atoms with van der Waals surface area (Å²) in [7, 11) is 1.78. The number of aromatic nitrogens is 3. The van der Waals surface area contributed by atoms with Crippen molar-refractivity contribution >= 4 is 5.97 Å². The van der Waals surface area contributed by atoms with Crippen LogP contribution in [0.1, 0.15) is 24.1 Å². The second-order valence-corrected chi connectivity index (χ2v) is 4.88. The van der Waals surface area contributed by atoms with Crippen LogP contribution in [0.3, 0.4) is 0 Å². The molecule has 1 atom stereocenters. The van der Waals surface area contributed by atoms with Crippen molar-refractivity contribution in [1.82, 2.24) is 14.8 Å². The Balaban J connectivity index is 2.41. The Hall–Kier alpha value is -2.17. The highest BCUT2D eigenvalue weighted by atomic mass is 16.4. The molecule has 100 valence electrons.